The minimum atomic E-state index is -4.53. The molecule has 2 heterocycles. The van der Waals surface area contributed by atoms with Gasteiger partial charge in [-0.05, 0) is 42.5 Å². The molecular formula is C25H19F3N4O3S. The molecule has 0 saturated carbocycles. The van der Waals surface area contributed by atoms with Gasteiger partial charge in [0, 0.05) is 26.2 Å². The zero-order chi connectivity index (χ0) is 25.5. The van der Waals surface area contributed by atoms with Gasteiger partial charge in [0.25, 0.3) is 0 Å². The van der Waals surface area contributed by atoms with E-state index >= 15 is 0 Å². The number of halogens is 3. The maximum Gasteiger partial charge on any atom is 0.416 e. The highest BCUT2D eigenvalue weighted by atomic mass is 32.2. The number of para-hydroxylation sites is 1. The van der Waals surface area contributed by atoms with Crippen molar-refractivity contribution in [1.82, 2.24) is 9.21 Å². The van der Waals surface area contributed by atoms with E-state index in [-0.39, 0.29) is 48.1 Å². The number of piperazine rings is 1. The van der Waals surface area contributed by atoms with Crippen LogP contribution >= 0.6 is 0 Å². The van der Waals surface area contributed by atoms with Crippen molar-refractivity contribution in [3.63, 3.8) is 0 Å². The van der Waals surface area contributed by atoms with Gasteiger partial charge in [0.1, 0.15) is 23.3 Å². The van der Waals surface area contributed by atoms with Crippen LogP contribution in [0.1, 0.15) is 16.7 Å². The van der Waals surface area contributed by atoms with E-state index < -0.39 is 21.8 Å². The van der Waals surface area contributed by atoms with Gasteiger partial charge in [0.15, 0.2) is 5.75 Å². The molecule has 0 radical (unpaired) electrons. The Morgan fingerprint density at radius 2 is 1.61 bits per heavy atom. The van der Waals surface area contributed by atoms with Crippen LogP contribution in [0.25, 0.3) is 0 Å². The lowest BCUT2D eigenvalue weighted by atomic mass is 10.1. The Hall–Kier alpha value is -3.88. The molecule has 0 spiro atoms. The number of amidine groups is 1. The predicted molar refractivity (Wildman–Crippen MR) is 126 cm³/mol. The summed E-state index contributed by atoms with van der Waals surface area (Å²) in [7, 11) is -3.88. The normalized spacial score (nSPS) is 16.2. The van der Waals surface area contributed by atoms with Crippen molar-refractivity contribution in [2.45, 2.75) is 11.1 Å². The van der Waals surface area contributed by atoms with E-state index in [0.29, 0.717) is 17.1 Å². The molecule has 5 rings (SSSR count). The fourth-order valence-corrected chi connectivity index (χ4v) is 5.77. The number of alkyl halides is 3. The number of nitriles is 1. The van der Waals surface area contributed by atoms with Crippen molar-refractivity contribution in [2.75, 3.05) is 26.2 Å². The molecule has 1 saturated heterocycles. The standard InChI is InChI=1S/C25H19F3N4O3S/c26-25(27,28)18-9-10-20-22(15-18)35-21-7-3-2-6-19(21)24(30-20)31-11-13-32(14-12-31)36(33,34)23-8-4-1-5-17(23)16-29/h1-10,15H,11-14H2. The van der Waals surface area contributed by atoms with Gasteiger partial charge >= 0.3 is 6.18 Å². The number of rotatable bonds is 2. The Labute approximate surface area is 205 Å². The molecule has 3 aromatic rings. The first-order valence-corrected chi connectivity index (χ1v) is 12.4. The third kappa shape index (κ3) is 4.29. The van der Waals surface area contributed by atoms with Gasteiger partial charge in [-0.25, -0.2) is 13.4 Å². The highest BCUT2D eigenvalue weighted by molar-refractivity contribution is 7.89. The second-order valence-electron chi connectivity index (χ2n) is 8.21. The molecule has 2 aliphatic rings. The lowest BCUT2D eigenvalue weighted by Crippen LogP contribution is -2.50. The summed E-state index contributed by atoms with van der Waals surface area (Å²) >= 11 is 0. The molecule has 0 aromatic heterocycles. The first kappa shape index (κ1) is 23.8. The fraction of sp³-hybridized carbons (Fsp3) is 0.200. The molecular weight excluding hydrogens is 493 g/mol. The van der Waals surface area contributed by atoms with Crippen molar-refractivity contribution in [2.24, 2.45) is 4.99 Å². The lowest BCUT2D eigenvalue weighted by molar-refractivity contribution is -0.137. The summed E-state index contributed by atoms with van der Waals surface area (Å²) in [5, 5.41) is 9.32. The van der Waals surface area contributed by atoms with E-state index in [0.717, 1.165) is 12.1 Å². The number of hydrogen-bond acceptors (Lipinski definition) is 6. The molecule has 0 atom stereocenters. The molecule has 0 unspecified atom stereocenters. The predicted octanol–water partition coefficient (Wildman–Crippen LogP) is 4.77. The zero-order valence-electron chi connectivity index (χ0n) is 18.7. The van der Waals surface area contributed by atoms with Gasteiger partial charge in [-0.2, -0.15) is 22.7 Å². The van der Waals surface area contributed by atoms with E-state index in [1.54, 1.807) is 36.4 Å². The van der Waals surface area contributed by atoms with Gasteiger partial charge in [-0.3, -0.25) is 0 Å². The van der Waals surface area contributed by atoms with Crippen LogP contribution in [0.4, 0.5) is 18.9 Å². The summed E-state index contributed by atoms with van der Waals surface area (Å²) in [5.74, 6) is 0.826. The number of nitrogens with zero attached hydrogens (tertiary/aromatic N) is 4. The summed E-state index contributed by atoms with van der Waals surface area (Å²) in [5.41, 5.74) is 0.0726. The summed E-state index contributed by atoms with van der Waals surface area (Å²) < 4.78 is 73.3. The third-order valence-electron chi connectivity index (χ3n) is 6.02. The summed E-state index contributed by atoms with van der Waals surface area (Å²) in [6.45, 7) is 0.863. The fourth-order valence-electron chi connectivity index (χ4n) is 4.20. The molecule has 0 amide bonds. The van der Waals surface area contributed by atoms with E-state index in [2.05, 4.69) is 4.99 Å². The third-order valence-corrected chi connectivity index (χ3v) is 7.98. The maximum atomic E-state index is 13.3. The van der Waals surface area contributed by atoms with Crippen LogP contribution in [0, 0.1) is 11.3 Å². The van der Waals surface area contributed by atoms with Gasteiger partial charge in [0.2, 0.25) is 10.0 Å². The number of sulfonamides is 1. The lowest BCUT2D eigenvalue weighted by Gasteiger charge is -2.36. The molecule has 0 bridgehead atoms. The average molecular weight is 513 g/mol. The smallest absolute Gasteiger partial charge is 0.416 e. The van der Waals surface area contributed by atoms with Crippen molar-refractivity contribution >= 4 is 21.5 Å². The number of aliphatic imine (C=N–C) groups is 1. The molecule has 36 heavy (non-hydrogen) atoms. The van der Waals surface area contributed by atoms with Crippen LogP contribution in [0.15, 0.2) is 76.6 Å². The topological polar surface area (TPSA) is 86.0 Å². The molecule has 184 valence electrons. The average Bonchev–Trinajstić information content (AvgIpc) is 3.04. The number of ether oxygens (including phenoxy) is 1. The molecule has 1 fully saturated rings. The Kier molecular flexibility index (Phi) is 5.94. The maximum absolute atomic E-state index is 13.3. The Morgan fingerprint density at radius 3 is 2.33 bits per heavy atom. The SMILES string of the molecule is N#Cc1ccccc1S(=O)(=O)N1CCN(C2=Nc3ccc(C(F)(F)F)cc3Oc3ccccc32)CC1. The largest absolute Gasteiger partial charge is 0.454 e. The molecule has 11 heteroatoms. The van der Waals surface area contributed by atoms with Crippen LogP contribution in [0.2, 0.25) is 0 Å². The summed E-state index contributed by atoms with van der Waals surface area (Å²) in [6, 6.07) is 18.0. The highest BCUT2D eigenvalue weighted by Crippen LogP contribution is 2.42. The van der Waals surface area contributed by atoms with Crippen molar-refractivity contribution in [3.05, 3.63) is 83.4 Å². The Bertz CT molecular complexity index is 1510. The molecule has 7 nitrogen and oxygen atoms in total. The van der Waals surface area contributed by atoms with E-state index in [9.17, 15) is 26.9 Å². The summed E-state index contributed by atoms with van der Waals surface area (Å²) in [6.07, 6.45) is -4.53. The van der Waals surface area contributed by atoms with Crippen LogP contribution in [-0.4, -0.2) is 49.6 Å². The Balaban J connectivity index is 1.46. The van der Waals surface area contributed by atoms with Crippen LogP contribution in [0.5, 0.6) is 11.5 Å². The molecule has 0 N–H and O–H groups in total. The number of hydrogen-bond donors (Lipinski definition) is 0. The zero-order valence-corrected chi connectivity index (χ0v) is 19.6. The van der Waals surface area contributed by atoms with E-state index in [1.807, 2.05) is 11.0 Å². The molecule has 3 aromatic carbocycles. The quantitative estimate of drug-likeness (QED) is 0.494. The number of fused-ring (bicyclic) bond motifs is 2. The van der Waals surface area contributed by atoms with E-state index in [4.69, 9.17) is 4.74 Å². The molecule has 2 aliphatic heterocycles. The van der Waals surface area contributed by atoms with Gasteiger partial charge in [-0.1, -0.05) is 24.3 Å². The second-order valence-corrected chi connectivity index (χ2v) is 10.1. The van der Waals surface area contributed by atoms with Crippen LogP contribution in [-0.2, 0) is 16.2 Å². The minimum Gasteiger partial charge on any atom is -0.454 e. The monoisotopic (exact) mass is 512 g/mol. The van der Waals surface area contributed by atoms with Crippen molar-refractivity contribution in [3.8, 4) is 17.6 Å². The van der Waals surface area contributed by atoms with E-state index in [1.165, 1.54) is 22.5 Å². The second kappa shape index (κ2) is 8.96. The van der Waals surface area contributed by atoms with Gasteiger partial charge in [0.05, 0.1) is 21.6 Å². The van der Waals surface area contributed by atoms with Crippen molar-refractivity contribution in [1.29, 1.82) is 5.26 Å². The first-order valence-electron chi connectivity index (χ1n) is 11.0. The van der Waals surface area contributed by atoms with Crippen LogP contribution in [0.3, 0.4) is 0 Å². The Morgan fingerprint density at radius 1 is 0.917 bits per heavy atom. The molecule has 0 aliphatic carbocycles. The first-order chi connectivity index (χ1) is 17.2. The number of benzene rings is 3. The van der Waals surface area contributed by atoms with Gasteiger partial charge < -0.3 is 9.64 Å². The highest BCUT2D eigenvalue weighted by Gasteiger charge is 2.34. The van der Waals surface area contributed by atoms with Crippen molar-refractivity contribution < 1.29 is 26.3 Å². The van der Waals surface area contributed by atoms with Crippen LogP contribution < -0.4 is 4.74 Å². The minimum absolute atomic E-state index is 0.0124. The van der Waals surface area contributed by atoms with Gasteiger partial charge in [-0.15, -0.1) is 0 Å². The summed E-state index contributed by atoms with van der Waals surface area (Å²) in [4.78, 5) is 6.48.